The van der Waals surface area contributed by atoms with Gasteiger partial charge in [0.1, 0.15) is 17.3 Å². The molecule has 0 bridgehead atoms. The van der Waals surface area contributed by atoms with E-state index in [1.54, 1.807) is 12.7 Å². The van der Waals surface area contributed by atoms with Crippen LogP contribution in [0.5, 0.6) is 11.5 Å². The summed E-state index contributed by atoms with van der Waals surface area (Å²) < 4.78 is 12.2. The molecule has 0 aliphatic heterocycles. The highest BCUT2D eigenvalue weighted by Gasteiger charge is 2.26. The van der Waals surface area contributed by atoms with E-state index in [0.717, 1.165) is 23.7 Å². The lowest BCUT2D eigenvalue weighted by atomic mass is 9.80. The molecule has 30 heavy (non-hydrogen) atoms. The molecule has 0 fully saturated rings. The lowest BCUT2D eigenvalue weighted by Gasteiger charge is -2.29. The minimum absolute atomic E-state index is 0.412. The zero-order chi connectivity index (χ0) is 21.4. The summed E-state index contributed by atoms with van der Waals surface area (Å²) in [7, 11) is 1.77. The van der Waals surface area contributed by atoms with Crippen LogP contribution >= 0.6 is 0 Å². The van der Waals surface area contributed by atoms with E-state index in [2.05, 4.69) is 65.0 Å². The molecule has 0 N–H and O–H groups in total. The molecule has 0 saturated heterocycles. The van der Waals surface area contributed by atoms with Crippen LogP contribution in [-0.4, -0.2) is 7.11 Å². The van der Waals surface area contributed by atoms with Gasteiger partial charge in [-0.1, -0.05) is 40.7 Å². The van der Waals surface area contributed by atoms with E-state index in [1.165, 1.54) is 53.5 Å². The molecular formula is C28H36O2. The van der Waals surface area contributed by atoms with Gasteiger partial charge in [-0.25, -0.2) is 0 Å². The Hall–Kier alpha value is -2.22. The maximum absolute atomic E-state index is 6.53. The smallest absolute Gasteiger partial charge is 0.127 e. The summed E-state index contributed by atoms with van der Waals surface area (Å²) in [6.07, 6.45) is 8.18. The number of aryl methyl sites for hydroxylation is 1. The van der Waals surface area contributed by atoms with Crippen molar-refractivity contribution in [2.75, 3.05) is 7.11 Å². The molecule has 2 aliphatic rings. The van der Waals surface area contributed by atoms with E-state index in [4.69, 9.17) is 9.47 Å². The van der Waals surface area contributed by atoms with Crippen molar-refractivity contribution >= 4 is 6.08 Å². The van der Waals surface area contributed by atoms with Gasteiger partial charge >= 0.3 is 0 Å². The number of benzene rings is 2. The Labute approximate surface area is 182 Å². The number of hydrogen-bond acceptors (Lipinski definition) is 2. The molecule has 0 radical (unpaired) electrons. The summed E-state index contributed by atoms with van der Waals surface area (Å²) in [5.74, 6) is 4.46. The SMILES string of the molecule is COc1ccc2c(c1C(C)C)C(C)CC(Oc1cc3c(c(C(C)C)c1)CCCC3)=C2. The molecule has 4 rings (SSSR count). The predicted octanol–water partition coefficient (Wildman–Crippen LogP) is 7.75. The monoisotopic (exact) mass is 404 g/mol. The predicted molar refractivity (Wildman–Crippen MR) is 126 cm³/mol. The van der Waals surface area contributed by atoms with Gasteiger partial charge in [0.15, 0.2) is 0 Å². The van der Waals surface area contributed by atoms with Crippen LogP contribution < -0.4 is 9.47 Å². The van der Waals surface area contributed by atoms with E-state index in [0.29, 0.717) is 17.8 Å². The molecule has 1 atom stereocenters. The number of ether oxygens (including phenoxy) is 2. The molecule has 0 heterocycles. The van der Waals surface area contributed by atoms with Gasteiger partial charge < -0.3 is 9.47 Å². The first-order chi connectivity index (χ1) is 14.4. The molecule has 2 aliphatic carbocycles. The Morgan fingerprint density at radius 1 is 0.967 bits per heavy atom. The van der Waals surface area contributed by atoms with Gasteiger partial charge in [0.2, 0.25) is 0 Å². The Kier molecular flexibility index (Phi) is 5.95. The second kappa shape index (κ2) is 8.49. The molecule has 0 saturated carbocycles. The first-order valence-corrected chi connectivity index (χ1v) is 11.6. The molecule has 160 valence electrons. The number of hydrogen-bond donors (Lipinski definition) is 0. The van der Waals surface area contributed by atoms with E-state index < -0.39 is 0 Å². The minimum atomic E-state index is 0.412. The Morgan fingerprint density at radius 3 is 2.43 bits per heavy atom. The van der Waals surface area contributed by atoms with Crippen LogP contribution in [0, 0.1) is 0 Å². The van der Waals surface area contributed by atoms with E-state index in [1.807, 2.05) is 0 Å². The van der Waals surface area contributed by atoms with Crippen LogP contribution in [0.4, 0.5) is 0 Å². The maximum atomic E-state index is 6.53. The van der Waals surface area contributed by atoms with Gasteiger partial charge in [0.25, 0.3) is 0 Å². The van der Waals surface area contributed by atoms with Crippen molar-refractivity contribution in [3.05, 3.63) is 63.4 Å². The highest BCUT2D eigenvalue weighted by Crippen LogP contribution is 2.43. The average molecular weight is 405 g/mol. The van der Waals surface area contributed by atoms with Crippen molar-refractivity contribution in [2.45, 2.75) is 84.5 Å². The average Bonchev–Trinajstić information content (AvgIpc) is 2.72. The van der Waals surface area contributed by atoms with Gasteiger partial charge in [-0.3, -0.25) is 0 Å². The van der Waals surface area contributed by atoms with E-state index in [9.17, 15) is 0 Å². The van der Waals surface area contributed by atoms with Crippen LogP contribution in [0.15, 0.2) is 30.0 Å². The van der Waals surface area contributed by atoms with Gasteiger partial charge in [-0.15, -0.1) is 0 Å². The molecule has 2 aromatic rings. The third-order valence-electron chi connectivity index (χ3n) is 6.74. The second-order valence-electron chi connectivity index (χ2n) is 9.67. The van der Waals surface area contributed by atoms with Crippen LogP contribution in [0.3, 0.4) is 0 Å². The van der Waals surface area contributed by atoms with Crippen molar-refractivity contribution in [1.82, 2.24) is 0 Å². The molecule has 1 unspecified atom stereocenters. The first-order valence-electron chi connectivity index (χ1n) is 11.6. The quantitative estimate of drug-likeness (QED) is 0.507. The normalized spacial score (nSPS) is 18.1. The van der Waals surface area contributed by atoms with Crippen molar-refractivity contribution in [3.8, 4) is 11.5 Å². The Morgan fingerprint density at radius 2 is 1.73 bits per heavy atom. The lowest BCUT2D eigenvalue weighted by molar-refractivity contribution is 0.388. The molecule has 0 aromatic heterocycles. The standard InChI is InChI=1S/C28H36O2/c1-17(2)25-16-23(14-20-9-7-8-10-24(20)25)30-22-13-19(5)28-21(15-22)11-12-26(29-6)27(28)18(3)4/h11-12,14-19H,7-10,13H2,1-6H3. The maximum Gasteiger partial charge on any atom is 0.127 e. The first kappa shape index (κ1) is 21.0. The molecule has 0 spiro atoms. The van der Waals surface area contributed by atoms with Crippen molar-refractivity contribution < 1.29 is 9.47 Å². The molecular weight excluding hydrogens is 368 g/mol. The molecule has 2 nitrogen and oxygen atoms in total. The van der Waals surface area contributed by atoms with Crippen molar-refractivity contribution in [1.29, 1.82) is 0 Å². The second-order valence-corrected chi connectivity index (χ2v) is 9.67. The summed E-state index contributed by atoms with van der Waals surface area (Å²) in [5, 5.41) is 0. The van der Waals surface area contributed by atoms with Gasteiger partial charge in [0.05, 0.1) is 7.11 Å². The lowest BCUT2D eigenvalue weighted by Crippen LogP contribution is -2.13. The van der Waals surface area contributed by atoms with Gasteiger partial charge in [-0.2, -0.15) is 0 Å². The Balaban J connectivity index is 1.71. The summed E-state index contributed by atoms with van der Waals surface area (Å²) in [6.45, 7) is 11.4. The number of rotatable bonds is 5. The van der Waals surface area contributed by atoms with Crippen LogP contribution in [0.25, 0.3) is 6.08 Å². The van der Waals surface area contributed by atoms with Crippen molar-refractivity contribution in [3.63, 3.8) is 0 Å². The largest absolute Gasteiger partial charge is 0.496 e. The fraction of sp³-hybridized carbons (Fsp3) is 0.500. The molecule has 2 heteroatoms. The van der Waals surface area contributed by atoms with E-state index in [-0.39, 0.29) is 0 Å². The highest BCUT2D eigenvalue weighted by molar-refractivity contribution is 5.65. The fourth-order valence-electron chi connectivity index (χ4n) is 5.39. The van der Waals surface area contributed by atoms with Gasteiger partial charge in [0, 0.05) is 12.0 Å². The minimum Gasteiger partial charge on any atom is -0.496 e. The zero-order valence-corrected chi connectivity index (χ0v) is 19.5. The fourth-order valence-corrected chi connectivity index (χ4v) is 5.39. The molecule has 2 aromatic carbocycles. The number of fused-ring (bicyclic) bond motifs is 2. The third-order valence-corrected chi connectivity index (χ3v) is 6.74. The highest BCUT2D eigenvalue weighted by atomic mass is 16.5. The Bertz CT molecular complexity index is 965. The van der Waals surface area contributed by atoms with Crippen molar-refractivity contribution in [2.24, 2.45) is 0 Å². The zero-order valence-electron chi connectivity index (χ0n) is 19.5. The summed E-state index contributed by atoms with van der Waals surface area (Å²) >= 11 is 0. The van der Waals surface area contributed by atoms with Gasteiger partial charge in [-0.05, 0) is 95.5 Å². The molecule has 0 amide bonds. The summed E-state index contributed by atoms with van der Waals surface area (Å²) in [4.78, 5) is 0. The van der Waals surface area contributed by atoms with Crippen LogP contribution in [0.1, 0.15) is 105 Å². The number of methoxy groups -OCH3 is 1. The van der Waals surface area contributed by atoms with Crippen LogP contribution in [-0.2, 0) is 12.8 Å². The summed E-state index contributed by atoms with van der Waals surface area (Å²) in [6, 6.07) is 8.89. The third kappa shape index (κ3) is 3.89. The topological polar surface area (TPSA) is 18.5 Å². The number of allylic oxidation sites excluding steroid dienone is 1. The van der Waals surface area contributed by atoms with Crippen LogP contribution in [0.2, 0.25) is 0 Å². The van der Waals surface area contributed by atoms with E-state index >= 15 is 0 Å². The summed E-state index contributed by atoms with van der Waals surface area (Å²) in [5.41, 5.74) is 8.58.